The van der Waals surface area contributed by atoms with E-state index in [1.807, 2.05) is 11.9 Å². The first kappa shape index (κ1) is 14.8. The van der Waals surface area contributed by atoms with E-state index >= 15 is 0 Å². The lowest BCUT2D eigenvalue weighted by Gasteiger charge is -2.11. The van der Waals surface area contributed by atoms with Gasteiger partial charge in [0.2, 0.25) is 0 Å². The molecule has 0 saturated carbocycles. The minimum atomic E-state index is -0.482. The Labute approximate surface area is 131 Å². The number of anilines is 1. The largest absolute Gasteiger partial charge is 0.353 e. The van der Waals surface area contributed by atoms with Crippen molar-refractivity contribution >= 4 is 60.5 Å². The van der Waals surface area contributed by atoms with E-state index < -0.39 is 11.8 Å². The average Bonchev–Trinajstić information content (AvgIpc) is 2.69. The van der Waals surface area contributed by atoms with E-state index in [1.165, 1.54) is 23.9 Å². The fraction of sp³-hybridized carbons (Fsp3) is 0.273. The molecule has 102 valence electrons. The third-order valence-corrected chi connectivity index (χ3v) is 4.72. The maximum atomic E-state index is 13.1. The number of urea groups is 1. The Morgan fingerprint density at radius 1 is 1.47 bits per heavy atom. The highest BCUT2D eigenvalue weighted by atomic mass is 79.9. The van der Waals surface area contributed by atoms with Crippen LogP contribution in [0.2, 0.25) is 0 Å². The zero-order valence-electron chi connectivity index (χ0n) is 9.91. The Hall–Kier alpha value is -0.600. The van der Waals surface area contributed by atoms with Gasteiger partial charge in [0.1, 0.15) is 5.82 Å². The molecule has 2 amide bonds. The number of carbonyl (C=O) groups excluding carboxylic acids is 1. The summed E-state index contributed by atoms with van der Waals surface area (Å²) in [4.78, 5) is 17.7. The lowest BCUT2D eigenvalue weighted by Crippen LogP contribution is -2.21. The maximum absolute atomic E-state index is 13.1. The third-order valence-electron chi connectivity index (χ3n) is 2.42. The molecule has 1 heterocycles. The van der Waals surface area contributed by atoms with Gasteiger partial charge in [-0.3, -0.25) is 0 Å². The van der Waals surface area contributed by atoms with Gasteiger partial charge in [0.15, 0.2) is 5.17 Å². The van der Waals surface area contributed by atoms with Gasteiger partial charge < -0.3 is 10.2 Å². The average molecular weight is 411 g/mol. The van der Waals surface area contributed by atoms with Crippen LogP contribution in [0.5, 0.6) is 0 Å². The number of hydrogen-bond donors (Lipinski definition) is 1. The van der Waals surface area contributed by atoms with Crippen molar-refractivity contribution in [1.29, 1.82) is 0 Å². The van der Waals surface area contributed by atoms with Crippen molar-refractivity contribution in [1.82, 2.24) is 4.90 Å². The summed E-state index contributed by atoms with van der Waals surface area (Å²) in [6, 6.07) is 2.08. The van der Waals surface area contributed by atoms with Crippen molar-refractivity contribution in [3.8, 4) is 0 Å². The van der Waals surface area contributed by atoms with E-state index in [-0.39, 0.29) is 0 Å². The van der Waals surface area contributed by atoms with Crippen LogP contribution in [0.1, 0.15) is 0 Å². The number of rotatable bonds is 1. The number of amidine groups is 1. The standard InChI is InChI=1S/C11H10Br2FN3OS/c1-17-2-3-19-11(17)16-10(18)15-9-7(12)4-6(14)5-8(9)13/h4-5H,2-3H2,1H3,(H,15,18)/b16-11+. The van der Waals surface area contributed by atoms with Crippen molar-refractivity contribution in [2.45, 2.75) is 0 Å². The van der Waals surface area contributed by atoms with Gasteiger partial charge in [-0.25, -0.2) is 9.18 Å². The molecular weight excluding hydrogens is 401 g/mol. The summed E-state index contributed by atoms with van der Waals surface area (Å²) in [6.45, 7) is 0.876. The van der Waals surface area contributed by atoms with Gasteiger partial charge in [-0.2, -0.15) is 4.99 Å². The molecule has 0 bridgehead atoms. The molecule has 0 aliphatic carbocycles. The molecule has 4 nitrogen and oxygen atoms in total. The van der Waals surface area contributed by atoms with Crippen molar-refractivity contribution in [2.75, 3.05) is 24.7 Å². The van der Waals surface area contributed by atoms with Gasteiger partial charge in [-0.1, -0.05) is 11.8 Å². The number of aliphatic imine (C=N–C) groups is 1. The Morgan fingerprint density at radius 2 is 2.11 bits per heavy atom. The van der Waals surface area contributed by atoms with E-state index in [0.29, 0.717) is 19.8 Å². The van der Waals surface area contributed by atoms with Gasteiger partial charge in [0.05, 0.1) is 5.69 Å². The highest BCUT2D eigenvalue weighted by Crippen LogP contribution is 2.32. The van der Waals surface area contributed by atoms with Crippen LogP contribution in [0, 0.1) is 5.82 Å². The van der Waals surface area contributed by atoms with Gasteiger partial charge in [0.25, 0.3) is 0 Å². The second kappa shape index (κ2) is 6.23. The lowest BCUT2D eigenvalue weighted by atomic mass is 10.3. The summed E-state index contributed by atoms with van der Waals surface area (Å²) in [5, 5.41) is 3.31. The van der Waals surface area contributed by atoms with E-state index in [1.54, 1.807) is 0 Å². The minimum Gasteiger partial charge on any atom is -0.353 e. The number of nitrogens with one attached hydrogen (secondary N) is 1. The van der Waals surface area contributed by atoms with Crippen LogP contribution >= 0.6 is 43.6 Å². The minimum absolute atomic E-state index is 0.394. The van der Waals surface area contributed by atoms with Gasteiger partial charge in [-0.15, -0.1) is 0 Å². The number of nitrogens with zero attached hydrogens (tertiary/aromatic N) is 2. The second-order valence-electron chi connectivity index (χ2n) is 3.84. The maximum Gasteiger partial charge on any atom is 0.347 e. The van der Waals surface area contributed by atoms with Crippen molar-refractivity contribution in [3.05, 3.63) is 26.9 Å². The SMILES string of the molecule is CN1CCS/C1=N/C(=O)Nc1c(Br)cc(F)cc1Br. The number of carbonyl (C=O) groups is 1. The van der Waals surface area contributed by atoms with Crippen LogP contribution in [0.3, 0.4) is 0 Å². The van der Waals surface area contributed by atoms with Crippen LogP contribution in [0.25, 0.3) is 0 Å². The summed E-state index contributed by atoms with van der Waals surface area (Å²) in [5.41, 5.74) is 0.460. The van der Waals surface area contributed by atoms with Gasteiger partial charge in [0, 0.05) is 28.3 Å². The molecule has 1 aliphatic rings. The van der Waals surface area contributed by atoms with Crippen LogP contribution < -0.4 is 5.32 Å². The molecule has 1 aliphatic heterocycles. The second-order valence-corrected chi connectivity index (χ2v) is 6.61. The highest BCUT2D eigenvalue weighted by molar-refractivity contribution is 9.11. The number of halogens is 3. The fourth-order valence-corrected chi connectivity index (χ4v) is 3.82. The molecule has 1 fully saturated rings. The number of amides is 2. The smallest absolute Gasteiger partial charge is 0.347 e. The predicted molar refractivity (Wildman–Crippen MR) is 83.3 cm³/mol. The molecule has 0 unspecified atom stereocenters. The zero-order valence-corrected chi connectivity index (χ0v) is 13.9. The lowest BCUT2D eigenvalue weighted by molar-refractivity contribution is 0.259. The molecule has 19 heavy (non-hydrogen) atoms. The van der Waals surface area contributed by atoms with Gasteiger partial charge >= 0.3 is 6.03 Å². The van der Waals surface area contributed by atoms with E-state index in [2.05, 4.69) is 42.2 Å². The summed E-state index contributed by atoms with van der Waals surface area (Å²) in [6.07, 6.45) is 0. The van der Waals surface area contributed by atoms with Gasteiger partial charge in [-0.05, 0) is 44.0 Å². The fourth-order valence-electron chi connectivity index (χ4n) is 1.48. The molecular formula is C11H10Br2FN3OS. The topological polar surface area (TPSA) is 44.7 Å². The number of benzene rings is 1. The molecule has 8 heteroatoms. The Balaban J connectivity index is 2.16. The zero-order chi connectivity index (χ0) is 14.0. The third kappa shape index (κ3) is 3.70. The normalized spacial score (nSPS) is 17.1. The van der Waals surface area contributed by atoms with Crippen molar-refractivity contribution < 1.29 is 9.18 Å². The first-order valence-electron chi connectivity index (χ1n) is 5.35. The quantitative estimate of drug-likeness (QED) is 0.763. The first-order valence-corrected chi connectivity index (χ1v) is 7.92. The number of thioether (sulfide) groups is 1. The molecule has 1 aromatic carbocycles. The first-order chi connectivity index (χ1) is 8.97. The Bertz CT molecular complexity index is 530. The van der Waals surface area contributed by atoms with Crippen molar-refractivity contribution in [3.63, 3.8) is 0 Å². The molecule has 2 rings (SSSR count). The predicted octanol–water partition coefficient (Wildman–Crippen LogP) is 3.92. The van der Waals surface area contributed by atoms with E-state index in [0.717, 1.165) is 12.3 Å². The molecule has 0 radical (unpaired) electrons. The molecule has 1 aromatic rings. The van der Waals surface area contributed by atoms with Crippen molar-refractivity contribution in [2.24, 2.45) is 4.99 Å². The Morgan fingerprint density at radius 3 is 2.63 bits per heavy atom. The van der Waals surface area contributed by atoms with E-state index in [9.17, 15) is 9.18 Å². The monoisotopic (exact) mass is 409 g/mol. The molecule has 1 N–H and O–H groups in total. The summed E-state index contributed by atoms with van der Waals surface area (Å²) < 4.78 is 14.0. The van der Waals surface area contributed by atoms with Crippen LogP contribution in [0.15, 0.2) is 26.1 Å². The van der Waals surface area contributed by atoms with Crippen LogP contribution in [-0.2, 0) is 0 Å². The molecule has 0 aromatic heterocycles. The Kier molecular flexibility index (Phi) is 4.86. The van der Waals surface area contributed by atoms with Crippen LogP contribution in [0.4, 0.5) is 14.9 Å². The van der Waals surface area contributed by atoms with Crippen LogP contribution in [-0.4, -0.2) is 35.4 Å². The molecule has 1 saturated heterocycles. The molecule has 0 atom stereocenters. The summed E-state index contributed by atoms with van der Waals surface area (Å²) in [7, 11) is 1.88. The highest BCUT2D eigenvalue weighted by Gasteiger charge is 2.17. The van der Waals surface area contributed by atoms with E-state index in [4.69, 9.17) is 0 Å². The summed E-state index contributed by atoms with van der Waals surface area (Å²) >= 11 is 7.94. The summed E-state index contributed by atoms with van der Waals surface area (Å²) in [5.74, 6) is 0.529. The number of hydrogen-bond acceptors (Lipinski definition) is 2. The molecule has 0 spiro atoms.